The quantitative estimate of drug-likeness (QED) is 0.0326. The second kappa shape index (κ2) is 42.7. The smallest absolute Gasteiger partial charge is 0.306 e. The molecule has 0 heterocycles. The number of hydrogen-bond donors (Lipinski definition) is 3. The minimum atomic E-state index is -0.784. The molecule has 0 bridgehead atoms. The molecule has 320 valence electrons. The lowest BCUT2D eigenvalue weighted by atomic mass is 10.0. The molecule has 0 rings (SSSR count). The number of carbonyl (C=O) groups excluding carboxylic acids is 2. The standard InChI is InChI=1S/C48H93NO5/c1-4-7-10-13-16-19-21-23-25-27-29-32-35-38-41-48(53)54-44(39-36-33-30-18-15-12-9-6-3)42-47(52)49-45(43-50)46(51)40-37-34-31-28-26-24-22-20-17-14-11-8-5-2/h12,15,44-46,50-51H,4-11,13-14,16-43H2,1-3H3,(H,49,52)/b15-12-. The van der Waals surface area contributed by atoms with E-state index in [4.69, 9.17) is 4.74 Å². The number of carbonyl (C=O) groups is 2. The van der Waals surface area contributed by atoms with Gasteiger partial charge in [-0.05, 0) is 44.9 Å². The monoisotopic (exact) mass is 764 g/mol. The molecule has 0 saturated heterocycles. The van der Waals surface area contributed by atoms with E-state index in [1.165, 1.54) is 148 Å². The van der Waals surface area contributed by atoms with Gasteiger partial charge in [0.15, 0.2) is 0 Å². The first-order chi connectivity index (χ1) is 26.5. The zero-order valence-corrected chi connectivity index (χ0v) is 36.4. The molecule has 6 heteroatoms. The van der Waals surface area contributed by atoms with Gasteiger partial charge in [0.2, 0.25) is 5.91 Å². The third-order valence-electron chi connectivity index (χ3n) is 11.1. The van der Waals surface area contributed by atoms with Crippen LogP contribution in [0.1, 0.15) is 258 Å². The molecule has 0 aliphatic carbocycles. The molecule has 0 aliphatic heterocycles. The van der Waals surface area contributed by atoms with E-state index in [1.807, 2.05) is 0 Å². The van der Waals surface area contributed by atoms with Crippen LogP contribution in [0.25, 0.3) is 0 Å². The number of hydrogen-bond acceptors (Lipinski definition) is 5. The molecule has 0 radical (unpaired) electrons. The van der Waals surface area contributed by atoms with Crippen LogP contribution in [-0.4, -0.2) is 46.9 Å². The molecule has 3 atom stereocenters. The minimum Gasteiger partial charge on any atom is -0.462 e. The van der Waals surface area contributed by atoms with Gasteiger partial charge >= 0.3 is 5.97 Å². The summed E-state index contributed by atoms with van der Waals surface area (Å²) in [4.78, 5) is 25.9. The van der Waals surface area contributed by atoms with E-state index >= 15 is 0 Å². The number of unbranched alkanes of at least 4 members (excludes halogenated alkanes) is 29. The summed E-state index contributed by atoms with van der Waals surface area (Å²) in [6, 6.07) is -0.698. The number of esters is 1. The number of aliphatic hydroxyl groups is 2. The molecule has 0 saturated carbocycles. The van der Waals surface area contributed by atoms with Gasteiger partial charge in [-0.3, -0.25) is 9.59 Å². The maximum Gasteiger partial charge on any atom is 0.306 e. The Morgan fingerprint density at radius 1 is 0.519 bits per heavy atom. The molecule has 1 amide bonds. The Hall–Kier alpha value is -1.40. The van der Waals surface area contributed by atoms with Gasteiger partial charge in [-0.1, -0.05) is 213 Å². The summed E-state index contributed by atoms with van der Waals surface area (Å²) in [5.41, 5.74) is 0. The summed E-state index contributed by atoms with van der Waals surface area (Å²) in [5, 5.41) is 23.6. The highest BCUT2D eigenvalue weighted by Gasteiger charge is 2.24. The van der Waals surface area contributed by atoms with Crippen molar-refractivity contribution in [1.29, 1.82) is 0 Å². The van der Waals surface area contributed by atoms with E-state index < -0.39 is 18.2 Å². The zero-order chi connectivity index (χ0) is 39.6. The Balaban J connectivity index is 4.43. The van der Waals surface area contributed by atoms with Crippen LogP contribution in [0.4, 0.5) is 0 Å². The van der Waals surface area contributed by atoms with Crippen LogP contribution in [0.5, 0.6) is 0 Å². The highest BCUT2D eigenvalue weighted by atomic mass is 16.5. The van der Waals surface area contributed by atoms with Crippen LogP contribution in [0.2, 0.25) is 0 Å². The number of amides is 1. The second-order valence-corrected chi connectivity index (χ2v) is 16.5. The first kappa shape index (κ1) is 52.6. The first-order valence-electron chi connectivity index (χ1n) is 23.9. The Morgan fingerprint density at radius 3 is 1.39 bits per heavy atom. The van der Waals surface area contributed by atoms with Crippen LogP contribution in [0.3, 0.4) is 0 Å². The van der Waals surface area contributed by atoms with Gasteiger partial charge in [0.05, 0.1) is 25.2 Å². The maximum absolute atomic E-state index is 13.1. The predicted molar refractivity (Wildman–Crippen MR) is 232 cm³/mol. The fourth-order valence-electron chi connectivity index (χ4n) is 7.43. The molecule has 0 fully saturated rings. The number of nitrogens with one attached hydrogen (secondary N) is 1. The van der Waals surface area contributed by atoms with Crippen molar-refractivity contribution in [2.45, 2.75) is 277 Å². The first-order valence-corrected chi connectivity index (χ1v) is 23.9. The molecule has 0 spiro atoms. The Bertz CT molecular complexity index is 817. The van der Waals surface area contributed by atoms with Gasteiger partial charge in [-0.25, -0.2) is 0 Å². The molecular formula is C48H93NO5. The largest absolute Gasteiger partial charge is 0.462 e. The normalized spacial score (nSPS) is 13.4. The van der Waals surface area contributed by atoms with E-state index in [2.05, 4.69) is 38.2 Å². The fourth-order valence-corrected chi connectivity index (χ4v) is 7.43. The summed E-state index contributed by atoms with van der Waals surface area (Å²) >= 11 is 0. The summed E-state index contributed by atoms with van der Waals surface area (Å²) < 4.78 is 5.88. The summed E-state index contributed by atoms with van der Waals surface area (Å²) in [5.74, 6) is -0.481. The highest BCUT2D eigenvalue weighted by Crippen LogP contribution is 2.18. The molecule has 3 unspecified atom stereocenters. The number of aliphatic hydroxyl groups excluding tert-OH is 2. The third kappa shape index (κ3) is 37.5. The van der Waals surface area contributed by atoms with E-state index in [9.17, 15) is 19.8 Å². The third-order valence-corrected chi connectivity index (χ3v) is 11.1. The maximum atomic E-state index is 13.1. The highest BCUT2D eigenvalue weighted by molar-refractivity contribution is 5.77. The number of ether oxygens (including phenoxy) is 1. The van der Waals surface area contributed by atoms with Crippen molar-refractivity contribution in [2.75, 3.05) is 6.61 Å². The topological polar surface area (TPSA) is 95.9 Å². The molecule has 6 nitrogen and oxygen atoms in total. The lowest BCUT2D eigenvalue weighted by Crippen LogP contribution is -2.46. The Kier molecular flexibility index (Phi) is 41.6. The molecular weight excluding hydrogens is 671 g/mol. The van der Waals surface area contributed by atoms with Gasteiger partial charge in [0.25, 0.3) is 0 Å². The fraction of sp³-hybridized carbons (Fsp3) is 0.917. The van der Waals surface area contributed by atoms with Crippen LogP contribution >= 0.6 is 0 Å². The molecule has 54 heavy (non-hydrogen) atoms. The summed E-state index contributed by atoms with van der Waals surface area (Å²) in [7, 11) is 0. The Morgan fingerprint density at radius 2 is 0.926 bits per heavy atom. The van der Waals surface area contributed by atoms with Crippen molar-refractivity contribution in [2.24, 2.45) is 0 Å². The lowest BCUT2D eigenvalue weighted by molar-refractivity contribution is -0.151. The van der Waals surface area contributed by atoms with Crippen molar-refractivity contribution in [3.05, 3.63) is 12.2 Å². The van der Waals surface area contributed by atoms with Crippen molar-refractivity contribution in [1.82, 2.24) is 5.32 Å². The van der Waals surface area contributed by atoms with Crippen LogP contribution in [0.15, 0.2) is 12.2 Å². The predicted octanol–water partition coefficient (Wildman–Crippen LogP) is 13.8. The van der Waals surface area contributed by atoms with E-state index in [-0.39, 0.29) is 24.9 Å². The van der Waals surface area contributed by atoms with Crippen LogP contribution in [0, 0.1) is 0 Å². The van der Waals surface area contributed by atoms with Crippen molar-refractivity contribution >= 4 is 11.9 Å². The van der Waals surface area contributed by atoms with Crippen molar-refractivity contribution < 1.29 is 24.5 Å². The second-order valence-electron chi connectivity index (χ2n) is 16.5. The average Bonchev–Trinajstić information content (AvgIpc) is 3.16. The number of allylic oxidation sites excluding steroid dienone is 2. The van der Waals surface area contributed by atoms with Crippen LogP contribution in [-0.2, 0) is 14.3 Å². The van der Waals surface area contributed by atoms with Crippen molar-refractivity contribution in [3.63, 3.8) is 0 Å². The van der Waals surface area contributed by atoms with Crippen molar-refractivity contribution in [3.8, 4) is 0 Å². The van der Waals surface area contributed by atoms with Gasteiger partial charge < -0.3 is 20.3 Å². The van der Waals surface area contributed by atoms with Gasteiger partial charge in [0, 0.05) is 6.42 Å². The summed E-state index contributed by atoms with van der Waals surface area (Å²) in [6.45, 7) is 6.41. The van der Waals surface area contributed by atoms with E-state index in [0.717, 1.165) is 64.2 Å². The van der Waals surface area contributed by atoms with E-state index in [1.54, 1.807) is 0 Å². The SMILES string of the molecule is CCC/C=C\CCCCCC(CC(=O)NC(CO)C(O)CCCCCCCCCCCCCCC)OC(=O)CCCCCCCCCCCCCCCC. The Labute approximate surface area is 336 Å². The van der Waals surface area contributed by atoms with Gasteiger partial charge in [0.1, 0.15) is 6.10 Å². The number of rotatable bonds is 43. The average molecular weight is 764 g/mol. The zero-order valence-electron chi connectivity index (χ0n) is 36.4. The van der Waals surface area contributed by atoms with Crippen LogP contribution < -0.4 is 5.32 Å². The molecule has 3 N–H and O–H groups in total. The summed E-state index contributed by atoms with van der Waals surface area (Å²) in [6.07, 6.45) is 45.6. The molecule has 0 aromatic carbocycles. The molecule has 0 aliphatic rings. The van der Waals surface area contributed by atoms with Gasteiger partial charge in [-0.2, -0.15) is 0 Å². The lowest BCUT2D eigenvalue weighted by Gasteiger charge is -2.24. The minimum absolute atomic E-state index is 0.0723. The molecule has 0 aromatic heterocycles. The van der Waals surface area contributed by atoms with Gasteiger partial charge in [-0.15, -0.1) is 0 Å². The molecule has 0 aromatic rings. The van der Waals surface area contributed by atoms with E-state index in [0.29, 0.717) is 19.3 Å².